The second kappa shape index (κ2) is 9.25. The number of methoxy groups -OCH3 is 2. The van der Waals surface area contributed by atoms with Gasteiger partial charge < -0.3 is 14.8 Å². The summed E-state index contributed by atoms with van der Waals surface area (Å²) in [6.07, 6.45) is 0. The van der Waals surface area contributed by atoms with Crippen LogP contribution < -0.4 is 14.8 Å². The highest BCUT2D eigenvalue weighted by Crippen LogP contribution is 2.28. The van der Waals surface area contributed by atoms with Crippen molar-refractivity contribution in [2.24, 2.45) is 0 Å². The molecule has 0 fully saturated rings. The number of aryl methyl sites for hydroxylation is 2. The summed E-state index contributed by atoms with van der Waals surface area (Å²) in [5.74, 6) is 1.38. The Balaban J connectivity index is 2.02. The smallest absolute Gasteiger partial charge is 0.238 e. The van der Waals surface area contributed by atoms with Crippen LogP contribution in [0, 0.1) is 13.8 Å². The zero-order chi connectivity index (χ0) is 19.1. The third-order valence-electron chi connectivity index (χ3n) is 4.34. The Morgan fingerprint density at radius 1 is 1.04 bits per heavy atom. The lowest BCUT2D eigenvalue weighted by Crippen LogP contribution is -2.32. The first-order chi connectivity index (χ1) is 12.5. The molecule has 1 amide bonds. The zero-order valence-electron chi connectivity index (χ0n) is 16.3. The minimum atomic E-state index is -0.0129. The van der Waals surface area contributed by atoms with Crippen molar-refractivity contribution in [3.8, 4) is 11.5 Å². The molecule has 0 aliphatic heterocycles. The maximum atomic E-state index is 12.5. The van der Waals surface area contributed by atoms with Gasteiger partial charge in [0.2, 0.25) is 5.91 Å². The van der Waals surface area contributed by atoms with Gasteiger partial charge in [0.1, 0.15) is 0 Å². The SMILES string of the molecule is CCN(CC(=O)Nc1cc(C)ccc1C)Cc1ccc(OC)c(OC)c1. The van der Waals surface area contributed by atoms with Gasteiger partial charge in [-0.05, 0) is 55.3 Å². The summed E-state index contributed by atoms with van der Waals surface area (Å²) < 4.78 is 10.6. The summed E-state index contributed by atoms with van der Waals surface area (Å²) in [4.78, 5) is 14.5. The normalized spacial score (nSPS) is 10.7. The van der Waals surface area contributed by atoms with E-state index in [2.05, 4.69) is 10.2 Å². The monoisotopic (exact) mass is 356 g/mol. The molecule has 5 heteroatoms. The zero-order valence-corrected chi connectivity index (χ0v) is 16.3. The third kappa shape index (κ3) is 5.23. The van der Waals surface area contributed by atoms with E-state index in [-0.39, 0.29) is 5.91 Å². The van der Waals surface area contributed by atoms with Crippen LogP contribution in [0.4, 0.5) is 5.69 Å². The molecule has 0 radical (unpaired) electrons. The number of hydrogen-bond acceptors (Lipinski definition) is 4. The van der Waals surface area contributed by atoms with E-state index in [1.807, 2.05) is 57.2 Å². The molecule has 26 heavy (non-hydrogen) atoms. The molecule has 2 rings (SSSR count). The highest BCUT2D eigenvalue weighted by molar-refractivity contribution is 5.93. The lowest BCUT2D eigenvalue weighted by molar-refractivity contribution is -0.117. The third-order valence-corrected chi connectivity index (χ3v) is 4.34. The molecule has 0 aliphatic rings. The average Bonchev–Trinajstić information content (AvgIpc) is 2.63. The van der Waals surface area contributed by atoms with Crippen LogP contribution in [0.25, 0.3) is 0 Å². The van der Waals surface area contributed by atoms with Gasteiger partial charge in [0.25, 0.3) is 0 Å². The lowest BCUT2D eigenvalue weighted by atomic mass is 10.1. The Morgan fingerprint density at radius 2 is 1.77 bits per heavy atom. The molecule has 0 atom stereocenters. The molecule has 0 aliphatic carbocycles. The van der Waals surface area contributed by atoms with E-state index >= 15 is 0 Å². The molecule has 0 saturated carbocycles. The molecule has 0 bridgehead atoms. The Kier molecular flexibility index (Phi) is 7.04. The standard InChI is InChI=1S/C21H28N2O3/c1-6-23(13-17-9-10-19(25-4)20(12-17)26-5)14-21(24)22-18-11-15(2)7-8-16(18)3/h7-12H,6,13-14H2,1-5H3,(H,22,24). The van der Waals surface area contributed by atoms with Gasteiger partial charge in [0.15, 0.2) is 11.5 Å². The molecule has 0 saturated heterocycles. The van der Waals surface area contributed by atoms with Crippen molar-refractivity contribution in [1.82, 2.24) is 4.90 Å². The summed E-state index contributed by atoms with van der Waals surface area (Å²) in [7, 11) is 3.24. The van der Waals surface area contributed by atoms with E-state index in [4.69, 9.17) is 9.47 Å². The Bertz CT molecular complexity index is 759. The molecule has 1 N–H and O–H groups in total. The van der Waals surface area contributed by atoms with Crippen molar-refractivity contribution in [1.29, 1.82) is 0 Å². The predicted molar refractivity (Wildman–Crippen MR) is 105 cm³/mol. The molecule has 0 spiro atoms. The minimum absolute atomic E-state index is 0.0129. The van der Waals surface area contributed by atoms with Crippen molar-refractivity contribution < 1.29 is 14.3 Å². The van der Waals surface area contributed by atoms with E-state index in [0.717, 1.165) is 28.9 Å². The molecule has 0 aromatic heterocycles. The summed E-state index contributed by atoms with van der Waals surface area (Å²) in [6.45, 7) is 7.83. The molecule has 5 nitrogen and oxygen atoms in total. The Labute approximate surface area is 155 Å². The molecule has 2 aromatic rings. The molecule has 0 unspecified atom stereocenters. The van der Waals surface area contributed by atoms with Crippen LogP contribution >= 0.6 is 0 Å². The molecular weight excluding hydrogens is 328 g/mol. The number of rotatable bonds is 8. The van der Waals surface area contributed by atoms with Gasteiger partial charge in [-0.15, -0.1) is 0 Å². The lowest BCUT2D eigenvalue weighted by Gasteiger charge is -2.21. The Hall–Kier alpha value is -2.53. The highest BCUT2D eigenvalue weighted by atomic mass is 16.5. The number of nitrogens with zero attached hydrogens (tertiary/aromatic N) is 1. The number of carbonyl (C=O) groups excluding carboxylic acids is 1. The quantitative estimate of drug-likeness (QED) is 0.782. The summed E-state index contributed by atoms with van der Waals surface area (Å²) in [5, 5.41) is 3.02. The van der Waals surface area contributed by atoms with E-state index in [9.17, 15) is 4.79 Å². The first-order valence-electron chi connectivity index (χ1n) is 8.77. The van der Waals surface area contributed by atoms with Crippen molar-refractivity contribution in [3.05, 3.63) is 53.1 Å². The van der Waals surface area contributed by atoms with Crippen molar-refractivity contribution in [3.63, 3.8) is 0 Å². The van der Waals surface area contributed by atoms with Crippen LogP contribution in [0.3, 0.4) is 0 Å². The summed E-state index contributed by atoms with van der Waals surface area (Å²) in [5.41, 5.74) is 4.14. The highest BCUT2D eigenvalue weighted by Gasteiger charge is 2.13. The molecule has 140 valence electrons. The number of likely N-dealkylation sites (N-methyl/N-ethyl adjacent to an activating group) is 1. The van der Waals surface area contributed by atoms with E-state index in [1.165, 1.54) is 0 Å². The van der Waals surface area contributed by atoms with Crippen LogP contribution in [0.1, 0.15) is 23.6 Å². The van der Waals surface area contributed by atoms with Crippen molar-refractivity contribution >= 4 is 11.6 Å². The summed E-state index contributed by atoms with van der Waals surface area (Å²) in [6, 6.07) is 11.9. The number of nitrogens with one attached hydrogen (secondary N) is 1. The Morgan fingerprint density at radius 3 is 2.42 bits per heavy atom. The van der Waals surface area contributed by atoms with Gasteiger partial charge in [-0.2, -0.15) is 0 Å². The summed E-state index contributed by atoms with van der Waals surface area (Å²) >= 11 is 0. The largest absolute Gasteiger partial charge is 0.493 e. The number of ether oxygens (including phenoxy) is 2. The van der Waals surface area contributed by atoms with Gasteiger partial charge in [-0.25, -0.2) is 0 Å². The first-order valence-corrected chi connectivity index (χ1v) is 8.77. The number of hydrogen-bond donors (Lipinski definition) is 1. The second-order valence-corrected chi connectivity index (χ2v) is 6.36. The van der Waals surface area contributed by atoms with Gasteiger partial charge >= 0.3 is 0 Å². The van der Waals surface area contributed by atoms with Gasteiger partial charge in [-0.1, -0.05) is 25.1 Å². The van der Waals surface area contributed by atoms with Gasteiger partial charge in [0.05, 0.1) is 20.8 Å². The fourth-order valence-corrected chi connectivity index (χ4v) is 2.78. The van der Waals surface area contributed by atoms with Crippen LogP contribution in [-0.2, 0) is 11.3 Å². The van der Waals surface area contributed by atoms with Gasteiger partial charge in [-0.3, -0.25) is 9.69 Å². The minimum Gasteiger partial charge on any atom is -0.493 e. The average molecular weight is 356 g/mol. The van der Waals surface area contributed by atoms with Crippen molar-refractivity contribution in [2.75, 3.05) is 32.6 Å². The fraction of sp³-hybridized carbons (Fsp3) is 0.381. The maximum Gasteiger partial charge on any atom is 0.238 e. The fourth-order valence-electron chi connectivity index (χ4n) is 2.78. The molecular formula is C21H28N2O3. The van der Waals surface area contributed by atoms with E-state index < -0.39 is 0 Å². The van der Waals surface area contributed by atoms with Crippen LogP contribution in [0.5, 0.6) is 11.5 Å². The number of amides is 1. The van der Waals surface area contributed by atoms with E-state index in [1.54, 1.807) is 14.2 Å². The van der Waals surface area contributed by atoms with Gasteiger partial charge in [0, 0.05) is 12.2 Å². The van der Waals surface area contributed by atoms with Crippen LogP contribution in [0.2, 0.25) is 0 Å². The first kappa shape index (κ1) is 19.8. The van der Waals surface area contributed by atoms with Crippen LogP contribution in [0.15, 0.2) is 36.4 Å². The number of benzene rings is 2. The van der Waals surface area contributed by atoms with Crippen LogP contribution in [-0.4, -0.2) is 38.1 Å². The second-order valence-electron chi connectivity index (χ2n) is 6.36. The number of carbonyl (C=O) groups is 1. The molecule has 2 aromatic carbocycles. The van der Waals surface area contributed by atoms with Crippen molar-refractivity contribution in [2.45, 2.75) is 27.3 Å². The number of anilines is 1. The maximum absolute atomic E-state index is 12.5. The topological polar surface area (TPSA) is 50.8 Å². The predicted octanol–water partition coefficient (Wildman–Crippen LogP) is 3.78. The molecule has 0 heterocycles. The van der Waals surface area contributed by atoms with E-state index in [0.29, 0.717) is 24.6 Å².